The summed E-state index contributed by atoms with van der Waals surface area (Å²) in [7, 11) is 1.66. The molecule has 112 valence electrons. The highest BCUT2D eigenvalue weighted by molar-refractivity contribution is 6.00. The Hall–Kier alpha value is -2.14. The molecule has 0 saturated carbocycles. The maximum atomic E-state index is 12.3. The lowest BCUT2D eigenvalue weighted by Crippen LogP contribution is -2.30. The summed E-state index contributed by atoms with van der Waals surface area (Å²) >= 11 is 0. The molecule has 0 radical (unpaired) electrons. The van der Waals surface area contributed by atoms with E-state index in [1.165, 1.54) is 4.90 Å². The minimum absolute atomic E-state index is 0.0588. The van der Waals surface area contributed by atoms with Crippen LogP contribution < -0.4 is 5.32 Å². The van der Waals surface area contributed by atoms with E-state index in [1.807, 2.05) is 24.3 Å². The first kappa shape index (κ1) is 15.3. The maximum Gasteiger partial charge on any atom is 0.272 e. The molecule has 0 aliphatic heterocycles. The number of aliphatic hydroxyl groups is 1. The number of fused-ring (bicyclic) bond motifs is 1. The monoisotopic (exact) mass is 287 g/mol. The molecule has 0 spiro atoms. The molecule has 1 amide bonds. The molecule has 21 heavy (non-hydrogen) atoms. The van der Waals surface area contributed by atoms with Crippen molar-refractivity contribution >= 4 is 22.5 Å². The van der Waals surface area contributed by atoms with Gasteiger partial charge in [0.1, 0.15) is 11.5 Å². The van der Waals surface area contributed by atoms with Crippen molar-refractivity contribution in [3.05, 3.63) is 36.0 Å². The zero-order valence-electron chi connectivity index (χ0n) is 12.5. The second kappa shape index (κ2) is 7.04. The number of hydrogen-bond donors (Lipinski definition) is 2. The van der Waals surface area contributed by atoms with E-state index in [0.29, 0.717) is 12.2 Å². The molecule has 2 N–H and O–H groups in total. The number of nitrogens with one attached hydrogen (secondary N) is 1. The van der Waals surface area contributed by atoms with Crippen LogP contribution in [0.5, 0.6) is 0 Å². The van der Waals surface area contributed by atoms with Crippen molar-refractivity contribution in [1.29, 1.82) is 0 Å². The van der Waals surface area contributed by atoms with Crippen molar-refractivity contribution in [2.24, 2.45) is 0 Å². The van der Waals surface area contributed by atoms with Gasteiger partial charge >= 0.3 is 0 Å². The third-order valence-electron chi connectivity index (χ3n) is 3.28. The largest absolute Gasteiger partial charge is 0.395 e. The van der Waals surface area contributed by atoms with Crippen molar-refractivity contribution in [1.82, 2.24) is 9.88 Å². The predicted molar refractivity (Wildman–Crippen MR) is 84.6 cm³/mol. The van der Waals surface area contributed by atoms with Gasteiger partial charge in [-0.25, -0.2) is 4.98 Å². The van der Waals surface area contributed by atoms with Gasteiger partial charge in [-0.05, 0) is 17.9 Å². The number of carbonyl (C=O) groups is 1. The van der Waals surface area contributed by atoms with Crippen LogP contribution in [0.25, 0.3) is 10.8 Å². The lowest BCUT2D eigenvalue weighted by molar-refractivity contribution is 0.0761. The second-order valence-electron chi connectivity index (χ2n) is 4.95. The number of carbonyl (C=O) groups excluding carboxylic acids is 1. The summed E-state index contributed by atoms with van der Waals surface area (Å²) in [4.78, 5) is 18.3. The number of rotatable bonds is 6. The van der Waals surface area contributed by atoms with Crippen LogP contribution >= 0.6 is 0 Å². The van der Waals surface area contributed by atoms with E-state index in [4.69, 9.17) is 5.11 Å². The minimum Gasteiger partial charge on any atom is -0.395 e. The number of nitrogens with zero attached hydrogens (tertiary/aromatic N) is 2. The molecule has 0 unspecified atom stereocenters. The van der Waals surface area contributed by atoms with Crippen LogP contribution in [-0.2, 0) is 0 Å². The molecule has 0 saturated heterocycles. The molecule has 1 heterocycles. The Kier molecular flexibility index (Phi) is 5.11. The van der Waals surface area contributed by atoms with Crippen molar-refractivity contribution in [3.8, 4) is 0 Å². The summed E-state index contributed by atoms with van der Waals surface area (Å²) < 4.78 is 0. The average molecular weight is 287 g/mol. The Labute approximate surface area is 124 Å². The van der Waals surface area contributed by atoms with Crippen LogP contribution in [0.2, 0.25) is 0 Å². The molecule has 1 aromatic carbocycles. The van der Waals surface area contributed by atoms with Crippen LogP contribution in [-0.4, -0.2) is 47.6 Å². The zero-order valence-corrected chi connectivity index (χ0v) is 12.5. The summed E-state index contributed by atoms with van der Waals surface area (Å²) in [6.07, 6.45) is 0.985. The van der Waals surface area contributed by atoms with Gasteiger partial charge in [-0.2, -0.15) is 0 Å². The fraction of sp³-hybridized carbons (Fsp3) is 0.375. The highest BCUT2D eigenvalue weighted by Crippen LogP contribution is 2.23. The number of pyridine rings is 1. The van der Waals surface area contributed by atoms with E-state index in [-0.39, 0.29) is 12.5 Å². The van der Waals surface area contributed by atoms with Gasteiger partial charge in [0, 0.05) is 25.5 Å². The lowest BCUT2D eigenvalue weighted by atomic mass is 10.1. The van der Waals surface area contributed by atoms with Gasteiger partial charge in [0.2, 0.25) is 0 Å². The van der Waals surface area contributed by atoms with Crippen LogP contribution in [0.1, 0.15) is 23.8 Å². The first-order chi connectivity index (χ1) is 10.2. The number of aliphatic hydroxyl groups excluding tert-OH is 1. The van der Waals surface area contributed by atoms with Gasteiger partial charge < -0.3 is 15.3 Å². The highest BCUT2D eigenvalue weighted by Gasteiger charge is 2.15. The van der Waals surface area contributed by atoms with E-state index < -0.39 is 0 Å². The first-order valence-electron chi connectivity index (χ1n) is 7.17. The molecular formula is C16H21N3O2. The molecule has 2 rings (SSSR count). The molecule has 0 aliphatic carbocycles. The smallest absolute Gasteiger partial charge is 0.272 e. The van der Waals surface area contributed by atoms with Crippen LogP contribution in [0.3, 0.4) is 0 Å². The number of benzene rings is 1. The van der Waals surface area contributed by atoms with Crippen LogP contribution in [0.4, 0.5) is 5.82 Å². The molecule has 2 aromatic rings. The topological polar surface area (TPSA) is 65.5 Å². The van der Waals surface area contributed by atoms with Crippen molar-refractivity contribution < 1.29 is 9.90 Å². The molecule has 5 heteroatoms. The number of aromatic nitrogens is 1. The molecule has 0 aliphatic rings. The van der Waals surface area contributed by atoms with Gasteiger partial charge in [0.05, 0.1) is 6.61 Å². The summed E-state index contributed by atoms with van der Waals surface area (Å²) in [5.41, 5.74) is 0.392. The Bertz CT molecular complexity index is 628. The standard InChI is InChI=1S/C16H21N3O2/c1-3-8-17-15-13-7-5-4-6-12(13)11-14(18-15)16(21)19(2)9-10-20/h4-7,11,20H,3,8-10H2,1-2H3,(H,17,18). The molecule has 1 aromatic heterocycles. The van der Waals surface area contributed by atoms with E-state index in [9.17, 15) is 4.79 Å². The summed E-state index contributed by atoms with van der Waals surface area (Å²) in [5, 5.41) is 14.2. The summed E-state index contributed by atoms with van der Waals surface area (Å²) in [5.74, 6) is 0.546. The van der Waals surface area contributed by atoms with Crippen LogP contribution in [0.15, 0.2) is 30.3 Å². The van der Waals surface area contributed by atoms with E-state index in [2.05, 4.69) is 17.2 Å². The van der Waals surface area contributed by atoms with E-state index in [1.54, 1.807) is 13.1 Å². The Morgan fingerprint density at radius 3 is 2.86 bits per heavy atom. The molecular weight excluding hydrogens is 266 g/mol. The lowest BCUT2D eigenvalue weighted by Gasteiger charge is -2.16. The first-order valence-corrected chi connectivity index (χ1v) is 7.17. The fourth-order valence-electron chi connectivity index (χ4n) is 2.13. The normalized spacial score (nSPS) is 10.6. The molecule has 5 nitrogen and oxygen atoms in total. The van der Waals surface area contributed by atoms with Gasteiger partial charge in [0.25, 0.3) is 5.91 Å². The number of likely N-dealkylation sites (N-methyl/N-ethyl adjacent to an activating group) is 1. The molecule has 0 bridgehead atoms. The van der Waals surface area contributed by atoms with Crippen molar-refractivity contribution in [2.75, 3.05) is 32.1 Å². The second-order valence-corrected chi connectivity index (χ2v) is 4.95. The van der Waals surface area contributed by atoms with Gasteiger partial charge in [-0.1, -0.05) is 31.2 Å². The third kappa shape index (κ3) is 3.49. The summed E-state index contributed by atoms with van der Waals surface area (Å²) in [6.45, 7) is 3.13. The SMILES string of the molecule is CCCNc1nc(C(=O)N(C)CCO)cc2ccccc12. The molecule has 0 fully saturated rings. The maximum absolute atomic E-state index is 12.3. The molecule has 0 atom stereocenters. The zero-order chi connectivity index (χ0) is 15.2. The third-order valence-corrected chi connectivity index (χ3v) is 3.28. The predicted octanol–water partition coefficient (Wildman–Crippen LogP) is 2.12. The van der Waals surface area contributed by atoms with Crippen molar-refractivity contribution in [3.63, 3.8) is 0 Å². The van der Waals surface area contributed by atoms with Gasteiger partial charge in [0.15, 0.2) is 0 Å². The Morgan fingerprint density at radius 1 is 1.38 bits per heavy atom. The van der Waals surface area contributed by atoms with Crippen molar-refractivity contribution in [2.45, 2.75) is 13.3 Å². The number of amides is 1. The number of anilines is 1. The minimum atomic E-state index is -0.186. The summed E-state index contributed by atoms with van der Waals surface area (Å²) in [6, 6.07) is 9.66. The highest BCUT2D eigenvalue weighted by atomic mass is 16.3. The van der Waals surface area contributed by atoms with E-state index in [0.717, 1.165) is 29.6 Å². The Morgan fingerprint density at radius 2 is 2.14 bits per heavy atom. The van der Waals surface area contributed by atoms with E-state index >= 15 is 0 Å². The van der Waals surface area contributed by atoms with Gasteiger partial charge in [-0.3, -0.25) is 4.79 Å². The van der Waals surface area contributed by atoms with Crippen LogP contribution in [0, 0.1) is 0 Å². The average Bonchev–Trinajstić information content (AvgIpc) is 2.51. The number of hydrogen-bond acceptors (Lipinski definition) is 4. The van der Waals surface area contributed by atoms with Gasteiger partial charge in [-0.15, -0.1) is 0 Å². The fourth-order valence-corrected chi connectivity index (χ4v) is 2.13. The quantitative estimate of drug-likeness (QED) is 0.854. The Balaban J connectivity index is 2.42.